The normalized spacial score (nSPS) is 19.6. The van der Waals surface area contributed by atoms with E-state index in [4.69, 9.17) is 0 Å². The minimum Gasteiger partial charge on any atom is -0.353 e. The molecule has 29 heavy (non-hydrogen) atoms. The smallest absolute Gasteiger partial charge is 0.239 e. The van der Waals surface area contributed by atoms with Crippen molar-refractivity contribution in [1.82, 2.24) is 15.1 Å². The maximum absolute atomic E-state index is 12.8. The van der Waals surface area contributed by atoms with Crippen LogP contribution in [0, 0.1) is 0 Å². The molecule has 1 aromatic carbocycles. The molecule has 2 aliphatic rings. The first-order valence-corrected chi connectivity index (χ1v) is 10.7. The van der Waals surface area contributed by atoms with Crippen molar-refractivity contribution in [2.24, 2.45) is 0 Å². The molecule has 2 heterocycles. The Hall–Kier alpha value is -2.41. The van der Waals surface area contributed by atoms with Crippen LogP contribution < -0.4 is 10.2 Å². The van der Waals surface area contributed by atoms with E-state index in [9.17, 15) is 14.4 Å². The Morgan fingerprint density at radius 3 is 2.45 bits per heavy atom. The van der Waals surface area contributed by atoms with Crippen molar-refractivity contribution < 1.29 is 14.4 Å². The lowest BCUT2D eigenvalue weighted by molar-refractivity contribution is -0.139. The van der Waals surface area contributed by atoms with Gasteiger partial charge in [0, 0.05) is 38.8 Å². The number of benzene rings is 1. The summed E-state index contributed by atoms with van der Waals surface area (Å²) >= 11 is 0. The number of piperazine rings is 1. The first-order valence-electron chi connectivity index (χ1n) is 10.7. The lowest BCUT2D eigenvalue weighted by Gasteiger charge is -2.31. The van der Waals surface area contributed by atoms with Crippen molar-refractivity contribution >= 4 is 23.4 Å². The van der Waals surface area contributed by atoms with Gasteiger partial charge in [0.1, 0.15) is 0 Å². The molecule has 3 rings (SSSR count). The average Bonchev–Trinajstić information content (AvgIpc) is 2.69. The van der Waals surface area contributed by atoms with E-state index in [2.05, 4.69) is 10.2 Å². The van der Waals surface area contributed by atoms with Crippen molar-refractivity contribution in [2.45, 2.75) is 45.6 Å². The van der Waals surface area contributed by atoms with Gasteiger partial charge in [-0.05, 0) is 31.0 Å². The summed E-state index contributed by atoms with van der Waals surface area (Å²) in [5.74, 6) is -0.0509. The second-order valence-corrected chi connectivity index (χ2v) is 7.94. The van der Waals surface area contributed by atoms with E-state index in [0.29, 0.717) is 26.2 Å². The molecule has 7 nitrogen and oxygen atoms in total. The third-order valence-corrected chi connectivity index (χ3v) is 5.66. The summed E-state index contributed by atoms with van der Waals surface area (Å²) in [4.78, 5) is 42.4. The molecule has 0 aliphatic carbocycles. The highest BCUT2D eigenvalue weighted by atomic mass is 16.2. The zero-order valence-electron chi connectivity index (χ0n) is 17.4. The number of amides is 3. The lowest BCUT2D eigenvalue weighted by Crippen LogP contribution is -2.52. The molecule has 3 amide bonds. The van der Waals surface area contributed by atoms with E-state index < -0.39 is 0 Å². The Kier molecular flexibility index (Phi) is 7.63. The van der Waals surface area contributed by atoms with E-state index in [0.717, 1.165) is 56.4 Å². The number of carbonyl (C=O) groups excluding carboxylic acids is 3. The third kappa shape index (κ3) is 6.03. The van der Waals surface area contributed by atoms with Crippen LogP contribution in [-0.4, -0.2) is 66.8 Å². The molecule has 0 radical (unpaired) electrons. The number of hydrogen-bond donors (Lipinski definition) is 1. The first-order chi connectivity index (χ1) is 14.0. The summed E-state index contributed by atoms with van der Waals surface area (Å²) in [5.41, 5.74) is 2.00. The molecular formula is C22H32N4O3. The molecule has 1 aromatic rings. The summed E-state index contributed by atoms with van der Waals surface area (Å²) in [6, 6.07) is 7.99. The van der Waals surface area contributed by atoms with E-state index in [1.165, 1.54) is 0 Å². The summed E-state index contributed by atoms with van der Waals surface area (Å²) in [5, 5.41) is 2.76. The Bertz CT molecular complexity index is 737. The van der Waals surface area contributed by atoms with Crippen LogP contribution in [0.5, 0.6) is 0 Å². The van der Waals surface area contributed by atoms with Gasteiger partial charge in [-0.3, -0.25) is 19.3 Å². The number of nitrogens with zero attached hydrogens (tertiary/aromatic N) is 3. The van der Waals surface area contributed by atoms with E-state index in [-0.39, 0.29) is 24.3 Å². The second-order valence-electron chi connectivity index (χ2n) is 7.94. The Morgan fingerprint density at radius 2 is 1.69 bits per heavy atom. The maximum Gasteiger partial charge on any atom is 0.239 e. The van der Waals surface area contributed by atoms with Crippen LogP contribution in [0.3, 0.4) is 0 Å². The minimum absolute atomic E-state index is 0.00662. The van der Waals surface area contributed by atoms with E-state index >= 15 is 0 Å². The fourth-order valence-electron chi connectivity index (χ4n) is 4.09. The summed E-state index contributed by atoms with van der Waals surface area (Å²) in [6.45, 7) is 5.31. The summed E-state index contributed by atoms with van der Waals surface area (Å²) < 4.78 is 0. The Balaban J connectivity index is 1.78. The second kappa shape index (κ2) is 10.4. The van der Waals surface area contributed by atoms with Crippen LogP contribution in [0.4, 0.5) is 5.69 Å². The largest absolute Gasteiger partial charge is 0.353 e. The van der Waals surface area contributed by atoms with Crippen LogP contribution in [-0.2, 0) is 20.9 Å². The molecular weight excluding hydrogens is 368 g/mol. The number of hydrogen-bond acceptors (Lipinski definition) is 4. The van der Waals surface area contributed by atoms with Gasteiger partial charge in [0.2, 0.25) is 17.7 Å². The van der Waals surface area contributed by atoms with Gasteiger partial charge in [0.15, 0.2) is 0 Å². The topological polar surface area (TPSA) is 73.0 Å². The van der Waals surface area contributed by atoms with E-state index in [1.54, 1.807) is 11.8 Å². The SMILES string of the molecule is CC(=O)N1CCCCCCCN(CC(=O)N2CCNC(=O)C2)Cc2ccccc21. The van der Waals surface area contributed by atoms with Gasteiger partial charge in [0.25, 0.3) is 0 Å². The molecule has 7 heteroatoms. The summed E-state index contributed by atoms with van der Waals surface area (Å²) in [6.07, 6.45) is 5.42. The van der Waals surface area contributed by atoms with Crippen LogP contribution in [0.15, 0.2) is 24.3 Å². The van der Waals surface area contributed by atoms with Gasteiger partial charge in [-0.25, -0.2) is 0 Å². The molecule has 0 saturated carbocycles. The van der Waals surface area contributed by atoms with Crippen molar-refractivity contribution in [3.63, 3.8) is 0 Å². The first kappa shape index (κ1) is 21.3. The molecule has 2 aliphatic heterocycles. The zero-order valence-corrected chi connectivity index (χ0v) is 17.4. The molecule has 1 saturated heterocycles. The summed E-state index contributed by atoms with van der Waals surface area (Å²) in [7, 11) is 0. The number of carbonyl (C=O) groups is 3. The van der Waals surface area contributed by atoms with Gasteiger partial charge in [0.05, 0.1) is 13.1 Å². The maximum atomic E-state index is 12.8. The van der Waals surface area contributed by atoms with Crippen molar-refractivity contribution in [3.8, 4) is 0 Å². The highest BCUT2D eigenvalue weighted by molar-refractivity contribution is 5.92. The van der Waals surface area contributed by atoms with Crippen molar-refractivity contribution in [3.05, 3.63) is 29.8 Å². The third-order valence-electron chi connectivity index (χ3n) is 5.66. The predicted octanol–water partition coefficient (Wildman–Crippen LogP) is 1.76. The Labute approximate surface area is 173 Å². The van der Waals surface area contributed by atoms with Crippen LogP contribution in [0.1, 0.15) is 44.6 Å². The van der Waals surface area contributed by atoms with Gasteiger partial charge in [-0.15, -0.1) is 0 Å². The average molecular weight is 401 g/mol. The Morgan fingerprint density at radius 1 is 0.966 bits per heavy atom. The number of rotatable bonds is 2. The van der Waals surface area contributed by atoms with Crippen molar-refractivity contribution in [2.75, 3.05) is 44.2 Å². The number of nitrogens with one attached hydrogen (secondary N) is 1. The highest BCUT2D eigenvalue weighted by Crippen LogP contribution is 2.24. The molecule has 158 valence electrons. The van der Waals surface area contributed by atoms with Crippen molar-refractivity contribution in [1.29, 1.82) is 0 Å². The van der Waals surface area contributed by atoms with Gasteiger partial charge in [-0.1, -0.05) is 37.5 Å². The fourth-order valence-corrected chi connectivity index (χ4v) is 4.09. The fraction of sp³-hybridized carbons (Fsp3) is 0.591. The standard InChI is InChI=1S/C22H32N4O3/c1-18(27)26-13-8-4-2-3-7-12-24(15-19-9-5-6-10-20(19)26)17-22(29)25-14-11-23-21(28)16-25/h5-6,9-10H,2-4,7-8,11-17H2,1H3,(H,23,28). The van der Waals surface area contributed by atoms with Crippen LogP contribution in [0.25, 0.3) is 0 Å². The van der Waals surface area contributed by atoms with Gasteiger partial charge >= 0.3 is 0 Å². The monoisotopic (exact) mass is 400 g/mol. The molecule has 0 spiro atoms. The van der Waals surface area contributed by atoms with Crippen LogP contribution in [0.2, 0.25) is 0 Å². The molecule has 1 fully saturated rings. The van der Waals surface area contributed by atoms with Gasteiger partial charge < -0.3 is 15.1 Å². The lowest BCUT2D eigenvalue weighted by atomic mass is 10.1. The zero-order chi connectivity index (χ0) is 20.6. The quantitative estimate of drug-likeness (QED) is 0.821. The highest BCUT2D eigenvalue weighted by Gasteiger charge is 2.24. The van der Waals surface area contributed by atoms with Gasteiger partial charge in [-0.2, -0.15) is 0 Å². The molecule has 0 atom stereocenters. The number of fused-ring (bicyclic) bond motifs is 1. The molecule has 0 aromatic heterocycles. The minimum atomic E-state index is -0.0965. The van der Waals surface area contributed by atoms with Crippen LogP contribution >= 0.6 is 0 Å². The van der Waals surface area contributed by atoms with E-state index in [1.807, 2.05) is 29.2 Å². The number of anilines is 1. The molecule has 0 unspecified atom stereocenters. The predicted molar refractivity (Wildman–Crippen MR) is 112 cm³/mol. The molecule has 0 bridgehead atoms. The number of para-hydroxylation sites is 1. The molecule has 1 N–H and O–H groups in total.